The van der Waals surface area contributed by atoms with Crippen LogP contribution >= 0.6 is 0 Å². The second-order valence-electron chi connectivity index (χ2n) is 4.65. The molecule has 0 aromatic heterocycles. The summed E-state index contributed by atoms with van der Waals surface area (Å²) in [5.74, 6) is 0.409. The number of methoxy groups -OCH3 is 1. The van der Waals surface area contributed by atoms with Crippen molar-refractivity contribution >= 4 is 5.91 Å². The summed E-state index contributed by atoms with van der Waals surface area (Å²) in [6.45, 7) is 4.56. The number of aliphatic hydroxyl groups is 1. The first kappa shape index (κ1) is 16.5. The zero-order valence-corrected chi connectivity index (χ0v) is 12.3. The average Bonchev–Trinajstić information content (AvgIpc) is 2.43. The third-order valence-electron chi connectivity index (χ3n) is 2.85. The van der Waals surface area contributed by atoms with Crippen molar-refractivity contribution in [3.05, 3.63) is 29.8 Å². The standard InChI is InChI=1S/C15H23NO4/c1-11(17)13-6-4-7-14(10-13)20-12(2)15(18)16-8-5-9-19-3/h4,6-7,10-12,17H,5,8-9H2,1-3H3,(H,16,18)/t11-,12?/m0/s1. The van der Waals surface area contributed by atoms with E-state index in [-0.39, 0.29) is 5.91 Å². The van der Waals surface area contributed by atoms with Gasteiger partial charge >= 0.3 is 0 Å². The Morgan fingerprint density at radius 1 is 1.40 bits per heavy atom. The zero-order valence-electron chi connectivity index (χ0n) is 12.3. The zero-order chi connectivity index (χ0) is 15.0. The van der Waals surface area contributed by atoms with Crippen molar-refractivity contribution in [2.75, 3.05) is 20.3 Å². The molecular weight excluding hydrogens is 258 g/mol. The Morgan fingerprint density at radius 3 is 2.80 bits per heavy atom. The second-order valence-corrected chi connectivity index (χ2v) is 4.65. The van der Waals surface area contributed by atoms with Crippen LogP contribution in [0.1, 0.15) is 31.9 Å². The van der Waals surface area contributed by atoms with Gasteiger partial charge in [0.25, 0.3) is 5.91 Å². The number of carbonyl (C=O) groups is 1. The molecule has 0 aliphatic rings. The summed E-state index contributed by atoms with van der Waals surface area (Å²) >= 11 is 0. The summed E-state index contributed by atoms with van der Waals surface area (Å²) in [6.07, 6.45) is -0.370. The average molecular weight is 281 g/mol. The van der Waals surface area contributed by atoms with Crippen LogP contribution in [0.25, 0.3) is 0 Å². The Bertz CT molecular complexity index is 420. The lowest BCUT2D eigenvalue weighted by atomic mass is 10.1. The van der Waals surface area contributed by atoms with Gasteiger partial charge in [-0.3, -0.25) is 4.79 Å². The van der Waals surface area contributed by atoms with Crippen LogP contribution < -0.4 is 10.1 Å². The number of rotatable bonds is 8. The topological polar surface area (TPSA) is 67.8 Å². The van der Waals surface area contributed by atoms with Crippen LogP contribution in [0, 0.1) is 0 Å². The first-order valence-electron chi connectivity index (χ1n) is 6.76. The molecule has 1 rings (SSSR count). The van der Waals surface area contributed by atoms with E-state index in [9.17, 15) is 9.90 Å². The molecule has 0 bridgehead atoms. The fourth-order valence-electron chi connectivity index (χ4n) is 1.68. The number of hydrogen-bond donors (Lipinski definition) is 2. The highest BCUT2D eigenvalue weighted by molar-refractivity contribution is 5.80. The maximum Gasteiger partial charge on any atom is 0.260 e. The Labute approximate surface area is 119 Å². The van der Waals surface area contributed by atoms with Crippen molar-refractivity contribution in [2.24, 2.45) is 0 Å². The highest BCUT2D eigenvalue weighted by atomic mass is 16.5. The summed E-state index contributed by atoms with van der Waals surface area (Å²) in [4.78, 5) is 11.8. The Kier molecular flexibility index (Phi) is 7.04. The molecule has 1 unspecified atom stereocenters. The normalized spacial score (nSPS) is 13.6. The summed E-state index contributed by atoms with van der Waals surface area (Å²) in [5, 5.41) is 12.3. The first-order chi connectivity index (χ1) is 9.54. The number of ether oxygens (including phenoxy) is 2. The van der Waals surface area contributed by atoms with Gasteiger partial charge in [-0.25, -0.2) is 0 Å². The van der Waals surface area contributed by atoms with E-state index in [1.165, 1.54) is 0 Å². The predicted molar refractivity (Wildman–Crippen MR) is 76.7 cm³/mol. The van der Waals surface area contributed by atoms with E-state index in [1.807, 2.05) is 6.07 Å². The molecule has 20 heavy (non-hydrogen) atoms. The van der Waals surface area contributed by atoms with Gasteiger partial charge in [0.05, 0.1) is 6.10 Å². The van der Waals surface area contributed by atoms with Crippen LogP contribution in [-0.4, -0.2) is 37.4 Å². The second kappa shape index (κ2) is 8.55. The number of benzene rings is 1. The molecule has 1 aromatic carbocycles. The van der Waals surface area contributed by atoms with Crippen molar-refractivity contribution in [1.82, 2.24) is 5.32 Å². The molecular formula is C15H23NO4. The van der Waals surface area contributed by atoms with Crippen LogP contribution in [0.4, 0.5) is 0 Å². The van der Waals surface area contributed by atoms with Gasteiger partial charge in [0.2, 0.25) is 0 Å². The van der Waals surface area contributed by atoms with E-state index in [1.54, 1.807) is 39.2 Å². The largest absolute Gasteiger partial charge is 0.481 e. The first-order valence-corrected chi connectivity index (χ1v) is 6.76. The van der Waals surface area contributed by atoms with Gasteiger partial charge in [-0.1, -0.05) is 12.1 Å². The molecule has 2 N–H and O–H groups in total. The van der Waals surface area contributed by atoms with Crippen LogP contribution in [0.15, 0.2) is 24.3 Å². The molecule has 0 saturated carbocycles. The van der Waals surface area contributed by atoms with Crippen LogP contribution in [-0.2, 0) is 9.53 Å². The maximum absolute atomic E-state index is 11.8. The van der Waals surface area contributed by atoms with Crippen molar-refractivity contribution in [3.8, 4) is 5.75 Å². The van der Waals surface area contributed by atoms with Gasteiger partial charge in [0, 0.05) is 20.3 Å². The molecule has 0 aliphatic heterocycles. The van der Waals surface area contributed by atoms with Crippen molar-refractivity contribution in [3.63, 3.8) is 0 Å². The molecule has 0 radical (unpaired) electrons. The van der Waals surface area contributed by atoms with E-state index in [4.69, 9.17) is 9.47 Å². The molecule has 0 heterocycles. The Balaban J connectivity index is 2.46. The van der Waals surface area contributed by atoms with Gasteiger partial charge in [0.1, 0.15) is 5.75 Å². The van der Waals surface area contributed by atoms with Gasteiger partial charge < -0.3 is 19.9 Å². The summed E-state index contributed by atoms with van der Waals surface area (Å²) < 4.78 is 10.5. The Hall–Kier alpha value is -1.59. The van der Waals surface area contributed by atoms with Crippen LogP contribution in [0.3, 0.4) is 0 Å². The lowest BCUT2D eigenvalue weighted by Crippen LogP contribution is -2.37. The smallest absolute Gasteiger partial charge is 0.260 e. The highest BCUT2D eigenvalue weighted by Gasteiger charge is 2.14. The fraction of sp³-hybridized carbons (Fsp3) is 0.533. The van der Waals surface area contributed by atoms with Crippen molar-refractivity contribution < 1.29 is 19.4 Å². The number of hydrogen-bond acceptors (Lipinski definition) is 4. The Morgan fingerprint density at radius 2 is 2.15 bits per heavy atom. The van der Waals surface area contributed by atoms with E-state index < -0.39 is 12.2 Å². The van der Waals surface area contributed by atoms with Gasteiger partial charge in [-0.2, -0.15) is 0 Å². The summed E-state index contributed by atoms with van der Waals surface area (Å²) in [7, 11) is 1.63. The minimum atomic E-state index is -0.582. The van der Waals surface area contributed by atoms with E-state index >= 15 is 0 Å². The van der Waals surface area contributed by atoms with Crippen LogP contribution in [0.5, 0.6) is 5.75 Å². The summed E-state index contributed by atoms with van der Waals surface area (Å²) in [5.41, 5.74) is 0.759. The van der Waals surface area contributed by atoms with Crippen molar-refractivity contribution in [2.45, 2.75) is 32.5 Å². The van der Waals surface area contributed by atoms with E-state index in [0.29, 0.717) is 18.9 Å². The summed E-state index contributed by atoms with van der Waals surface area (Å²) in [6, 6.07) is 7.10. The molecule has 0 fully saturated rings. The molecule has 0 saturated heterocycles. The number of aliphatic hydroxyl groups excluding tert-OH is 1. The molecule has 0 aliphatic carbocycles. The molecule has 112 valence electrons. The lowest BCUT2D eigenvalue weighted by molar-refractivity contribution is -0.127. The molecule has 0 spiro atoms. The molecule has 1 aromatic rings. The molecule has 2 atom stereocenters. The minimum absolute atomic E-state index is 0.163. The van der Waals surface area contributed by atoms with E-state index in [0.717, 1.165) is 12.0 Å². The SMILES string of the molecule is COCCCNC(=O)C(C)Oc1cccc([C@H](C)O)c1. The predicted octanol–water partition coefficient (Wildman–Crippen LogP) is 1.66. The van der Waals surface area contributed by atoms with Crippen LogP contribution in [0.2, 0.25) is 0 Å². The van der Waals surface area contributed by atoms with Gasteiger partial charge in [0.15, 0.2) is 6.10 Å². The minimum Gasteiger partial charge on any atom is -0.481 e. The third kappa shape index (κ3) is 5.59. The monoisotopic (exact) mass is 281 g/mol. The third-order valence-corrected chi connectivity index (χ3v) is 2.85. The number of nitrogens with one attached hydrogen (secondary N) is 1. The number of carbonyl (C=O) groups excluding carboxylic acids is 1. The maximum atomic E-state index is 11.8. The van der Waals surface area contributed by atoms with Gasteiger partial charge in [-0.15, -0.1) is 0 Å². The molecule has 5 nitrogen and oxygen atoms in total. The molecule has 5 heteroatoms. The quantitative estimate of drug-likeness (QED) is 0.711. The van der Waals surface area contributed by atoms with Crippen molar-refractivity contribution in [1.29, 1.82) is 0 Å². The van der Waals surface area contributed by atoms with E-state index in [2.05, 4.69) is 5.32 Å². The fourth-order valence-corrected chi connectivity index (χ4v) is 1.68. The van der Waals surface area contributed by atoms with Gasteiger partial charge in [-0.05, 0) is 38.0 Å². The number of amides is 1. The molecule has 1 amide bonds. The lowest BCUT2D eigenvalue weighted by Gasteiger charge is -2.15. The highest BCUT2D eigenvalue weighted by Crippen LogP contribution is 2.19.